The molecule has 0 aromatic heterocycles. The van der Waals surface area contributed by atoms with E-state index in [1.165, 1.54) is 82.0 Å². The SMILES string of the molecule is CC(C)c1cc2c(-c3cccc4ccccc34)cccc2[cH-]1.C[Si](C)=[Zr+2].Cc1cc2c(-c3cccc4ccccc34)ccc(C)c2[cH-]1.[Cl-].[Cl-]. The van der Waals surface area contributed by atoms with Crippen molar-refractivity contribution in [3.05, 3.63) is 156 Å². The van der Waals surface area contributed by atoms with Gasteiger partial charge in [-0.25, -0.2) is 0 Å². The summed E-state index contributed by atoms with van der Waals surface area (Å²) in [5, 5.41) is 10.7. The van der Waals surface area contributed by atoms with E-state index < -0.39 is 0 Å². The number of benzene rings is 6. The van der Waals surface area contributed by atoms with Gasteiger partial charge in [0.2, 0.25) is 0 Å². The van der Waals surface area contributed by atoms with Gasteiger partial charge in [0.25, 0.3) is 0 Å². The molecule has 0 fully saturated rings. The Bertz CT molecular complexity index is 2340. The maximum Gasteiger partial charge on any atom is -0.0114 e. The summed E-state index contributed by atoms with van der Waals surface area (Å²) >= 11 is 1.74. The van der Waals surface area contributed by atoms with E-state index in [9.17, 15) is 0 Å². The van der Waals surface area contributed by atoms with Crippen LogP contribution in [0, 0.1) is 13.8 Å². The van der Waals surface area contributed by atoms with Crippen LogP contribution >= 0.6 is 0 Å². The van der Waals surface area contributed by atoms with Crippen LogP contribution in [-0.4, -0.2) is 5.43 Å². The Kier molecular flexibility index (Phi) is 13.5. The number of fused-ring (bicyclic) bond motifs is 4. The molecular formula is C45H42Cl2SiZr-2. The van der Waals surface area contributed by atoms with Gasteiger partial charge in [-0.15, -0.1) is 68.6 Å². The van der Waals surface area contributed by atoms with Gasteiger partial charge < -0.3 is 24.8 Å². The molecule has 0 radical (unpaired) electrons. The summed E-state index contributed by atoms with van der Waals surface area (Å²) in [4.78, 5) is 0. The van der Waals surface area contributed by atoms with E-state index in [1.807, 2.05) is 0 Å². The van der Waals surface area contributed by atoms with Crippen LogP contribution in [0.4, 0.5) is 0 Å². The van der Waals surface area contributed by atoms with Gasteiger partial charge in [0, 0.05) is 0 Å². The quantitative estimate of drug-likeness (QED) is 0.131. The van der Waals surface area contributed by atoms with E-state index in [2.05, 4.69) is 180 Å². The zero-order valence-corrected chi connectivity index (χ0v) is 34.1. The molecule has 0 nitrogen and oxygen atoms in total. The molecule has 4 heteroatoms. The minimum absolute atomic E-state index is 0. The van der Waals surface area contributed by atoms with Crippen LogP contribution in [0.5, 0.6) is 0 Å². The summed E-state index contributed by atoms with van der Waals surface area (Å²) in [5.74, 6) is 0.563. The van der Waals surface area contributed by atoms with Crippen LogP contribution in [0.15, 0.2) is 140 Å². The normalized spacial score (nSPS) is 10.6. The van der Waals surface area contributed by atoms with E-state index in [-0.39, 0.29) is 30.2 Å². The van der Waals surface area contributed by atoms with E-state index in [1.54, 1.807) is 23.3 Å². The summed E-state index contributed by atoms with van der Waals surface area (Å²) < 4.78 is 0. The molecule has 0 spiro atoms. The monoisotopic (exact) mass is 770 g/mol. The number of halogens is 2. The predicted molar refractivity (Wildman–Crippen MR) is 206 cm³/mol. The summed E-state index contributed by atoms with van der Waals surface area (Å²) in [5.41, 5.74) is 9.63. The number of hydrogen-bond acceptors (Lipinski definition) is 0. The number of hydrogen-bond donors (Lipinski definition) is 0. The van der Waals surface area contributed by atoms with E-state index in [0.717, 1.165) is 0 Å². The Morgan fingerprint density at radius 2 is 1.00 bits per heavy atom. The molecule has 0 N–H and O–H groups in total. The van der Waals surface area contributed by atoms with Gasteiger partial charge in [-0.3, -0.25) is 0 Å². The number of rotatable bonds is 3. The van der Waals surface area contributed by atoms with Crippen molar-refractivity contribution in [1.82, 2.24) is 0 Å². The molecule has 246 valence electrons. The van der Waals surface area contributed by atoms with Crippen LogP contribution in [0.2, 0.25) is 13.1 Å². The summed E-state index contributed by atoms with van der Waals surface area (Å²) in [6.07, 6.45) is 0. The Morgan fingerprint density at radius 1 is 0.531 bits per heavy atom. The summed E-state index contributed by atoms with van der Waals surface area (Å²) in [6, 6.07) is 50.8. The molecule has 0 aliphatic rings. The van der Waals surface area contributed by atoms with Gasteiger partial charge in [-0.2, -0.15) is 12.1 Å². The maximum atomic E-state index is 2.36. The average Bonchev–Trinajstić information content (AvgIpc) is 3.69. The predicted octanol–water partition coefficient (Wildman–Crippen LogP) is 7.29. The smallest absolute Gasteiger partial charge is 0.0114 e. The topological polar surface area (TPSA) is 0 Å². The molecule has 49 heavy (non-hydrogen) atoms. The first-order valence-corrected chi connectivity index (χ1v) is 22.7. The minimum Gasteiger partial charge on any atom is -1.00 e. The van der Waals surface area contributed by atoms with Crippen molar-refractivity contribution >= 4 is 48.5 Å². The molecule has 0 aliphatic heterocycles. The van der Waals surface area contributed by atoms with Gasteiger partial charge in [0.1, 0.15) is 0 Å². The molecule has 0 bridgehead atoms. The fourth-order valence-corrected chi connectivity index (χ4v) is 6.57. The van der Waals surface area contributed by atoms with Gasteiger partial charge in [0.05, 0.1) is 0 Å². The molecule has 0 unspecified atom stereocenters. The zero-order valence-electron chi connectivity index (χ0n) is 29.1. The van der Waals surface area contributed by atoms with Crippen molar-refractivity contribution < 1.29 is 48.1 Å². The Balaban J connectivity index is 0.000000192. The van der Waals surface area contributed by atoms with Crippen LogP contribution < -0.4 is 24.8 Å². The first kappa shape index (κ1) is 38.5. The van der Waals surface area contributed by atoms with Crippen molar-refractivity contribution in [2.24, 2.45) is 0 Å². The largest absolute Gasteiger partial charge is 1.00 e. The number of aryl methyl sites for hydroxylation is 2. The molecule has 0 heterocycles. The molecule has 0 amide bonds. The van der Waals surface area contributed by atoms with Gasteiger partial charge in [-0.05, 0) is 38.6 Å². The van der Waals surface area contributed by atoms with Crippen molar-refractivity contribution in [2.75, 3.05) is 0 Å². The zero-order chi connectivity index (χ0) is 33.1. The van der Waals surface area contributed by atoms with Crippen LogP contribution in [-0.2, 0) is 23.3 Å². The van der Waals surface area contributed by atoms with E-state index >= 15 is 0 Å². The average molecular weight is 773 g/mol. The summed E-state index contributed by atoms with van der Waals surface area (Å²) in [6.45, 7) is 13.5. The fraction of sp³-hybridized carbons (Fsp3) is 0.156. The Hall–Kier alpha value is -3.26. The van der Waals surface area contributed by atoms with Crippen molar-refractivity contribution in [1.29, 1.82) is 0 Å². The second-order valence-electron chi connectivity index (χ2n) is 13.1. The Morgan fingerprint density at radius 3 is 1.55 bits per heavy atom. The van der Waals surface area contributed by atoms with Gasteiger partial charge in [0.15, 0.2) is 0 Å². The van der Waals surface area contributed by atoms with Gasteiger partial charge >= 0.3 is 41.9 Å². The molecule has 8 aromatic carbocycles. The third kappa shape index (κ3) is 8.56. The third-order valence-corrected chi connectivity index (χ3v) is 8.85. The molecule has 0 saturated heterocycles. The van der Waals surface area contributed by atoms with Crippen molar-refractivity contribution in [3.8, 4) is 22.3 Å². The van der Waals surface area contributed by atoms with E-state index in [0.29, 0.717) is 5.92 Å². The molecule has 0 aliphatic carbocycles. The Labute approximate surface area is 319 Å². The molecule has 0 saturated carbocycles. The molecule has 0 atom stereocenters. The van der Waals surface area contributed by atoms with Crippen molar-refractivity contribution in [2.45, 2.75) is 46.7 Å². The first-order valence-electron chi connectivity index (χ1n) is 16.6. The van der Waals surface area contributed by atoms with E-state index in [4.69, 9.17) is 0 Å². The second kappa shape index (κ2) is 17.1. The van der Waals surface area contributed by atoms with Gasteiger partial charge in [-0.1, -0.05) is 136 Å². The first-order chi connectivity index (χ1) is 22.7. The van der Waals surface area contributed by atoms with Crippen LogP contribution in [0.3, 0.4) is 0 Å². The van der Waals surface area contributed by atoms with Crippen LogP contribution in [0.1, 0.15) is 36.5 Å². The third-order valence-electron chi connectivity index (χ3n) is 8.85. The maximum absolute atomic E-state index is 2.36. The van der Waals surface area contributed by atoms with Crippen LogP contribution in [0.25, 0.3) is 65.3 Å². The standard InChI is InChI=1S/C22H19.C21H17.C2H6Si.2ClH.Zr/c1-15(2)18-13-17-9-6-12-21(22(17)14-18)20-11-5-8-16-7-3-4-10-19(16)20;1-14-12-20-15(2)10-11-19(21(20)13-14)18-9-5-7-16-6-3-4-8-17(16)18;1-3-2;;;/h3-15H,1-2H3;3-13H,1-2H3;1-2H3;2*1H;/q2*-1;;;;+2/p-2. The second-order valence-corrected chi connectivity index (χ2v) is 22.5. The molecule has 8 rings (SSSR count). The fourth-order valence-electron chi connectivity index (χ4n) is 6.57. The molecular weight excluding hydrogens is 731 g/mol. The van der Waals surface area contributed by atoms with Crippen molar-refractivity contribution in [3.63, 3.8) is 0 Å². The molecule has 8 aromatic rings. The minimum atomic E-state index is 0. The summed E-state index contributed by atoms with van der Waals surface area (Å²) in [7, 11) is 0.